The van der Waals surface area contributed by atoms with Gasteiger partial charge in [0.15, 0.2) is 6.29 Å². The average molecular weight is 615 g/mol. The topological polar surface area (TPSA) is 78.5 Å². The number of aldehydes is 1. The van der Waals surface area contributed by atoms with Crippen molar-refractivity contribution in [3.05, 3.63) is 42.8 Å². The smallest absolute Gasteiger partial charge is 0.152 e. The average Bonchev–Trinajstić information content (AvgIpc) is 3.20. The van der Waals surface area contributed by atoms with Crippen LogP contribution in [0.1, 0.15) is 61.5 Å². The maximum atomic E-state index is 11.1. The van der Waals surface area contributed by atoms with E-state index in [9.17, 15) is 4.79 Å². The summed E-state index contributed by atoms with van der Waals surface area (Å²) in [6.07, 6.45) is 0.842. The Morgan fingerprint density at radius 2 is 1.26 bits per heavy atom. The molecule has 0 bridgehead atoms. The molecule has 0 saturated carbocycles. The highest BCUT2D eigenvalue weighted by Gasteiger charge is 2.16. The molecule has 0 aliphatic carbocycles. The van der Waals surface area contributed by atoms with Crippen LogP contribution in [-0.2, 0) is 0 Å². The molecule has 0 radical (unpaired) electrons. The van der Waals surface area contributed by atoms with Crippen LogP contribution in [0.25, 0.3) is 22.1 Å². The van der Waals surface area contributed by atoms with Crippen molar-refractivity contribution >= 4 is 76.1 Å². The third-order valence-corrected chi connectivity index (χ3v) is 6.09. The largest absolute Gasteiger partial charge is 0.298 e. The highest BCUT2D eigenvalue weighted by Crippen LogP contribution is 2.29. The number of hydrogen-bond acceptors (Lipinski definition) is 5. The lowest BCUT2D eigenvalue weighted by Gasteiger charge is -2.08. The van der Waals surface area contributed by atoms with Crippen LogP contribution in [0.5, 0.6) is 0 Å². The molecule has 10 heteroatoms. The summed E-state index contributed by atoms with van der Waals surface area (Å²) >= 11 is 10.2. The number of halogens is 3. The van der Waals surface area contributed by atoms with Crippen LogP contribution in [0.3, 0.4) is 0 Å². The van der Waals surface area contributed by atoms with Crippen molar-refractivity contribution in [1.29, 1.82) is 0 Å². The van der Waals surface area contributed by atoms with E-state index in [4.69, 9.17) is 0 Å². The zero-order valence-corrected chi connectivity index (χ0v) is 22.9. The minimum atomic E-state index is 0.206. The van der Waals surface area contributed by atoms with E-state index in [0.29, 0.717) is 16.2 Å². The van der Waals surface area contributed by atoms with Crippen molar-refractivity contribution in [2.45, 2.75) is 53.6 Å². The van der Waals surface area contributed by atoms with Gasteiger partial charge in [0, 0.05) is 22.1 Å². The van der Waals surface area contributed by atoms with Crippen molar-refractivity contribution in [3.8, 4) is 0 Å². The number of hydrogen-bond donors (Lipinski definition) is 0. The van der Waals surface area contributed by atoms with E-state index in [0.717, 1.165) is 48.8 Å². The van der Waals surface area contributed by atoms with E-state index >= 15 is 0 Å². The Bertz CT molecular complexity index is 1280. The lowest BCUT2D eigenvalue weighted by Crippen LogP contribution is -2.04. The number of pyridine rings is 2. The molecule has 4 rings (SSSR count). The summed E-state index contributed by atoms with van der Waals surface area (Å²) < 4.78 is 6.35. The SMILES string of the molecule is Cc1nn(C(C)C)c2c(Br)cc(Br)nc12.Cc1nn(C(C)C)c2c(C=O)cc(Br)nc12. The fourth-order valence-corrected chi connectivity index (χ4v) is 5.05. The number of nitrogens with zero attached hydrogens (tertiary/aromatic N) is 6. The van der Waals surface area contributed by atoms with Gasteiger partial charge in [-0.05, 0) is 101 Å². The predicted octanol–water partition coefficient (Wildman–Crippen LogP) is 6.74. The van der Waals surface area contributed by atoms with E-state index in [2.05, 4.69) is 81.8 Å². The van der Waals surface area contributed by atoms with Crippen molar-refractivity contribution < 1.29 is 4.79 Å². The van der Waals surface area contributed by atoms with Crippen LogP contribution in [0.15, 0.2) is 25.8 Å². The van der Waals surface area contributed by atoms with Gasteiger partial charge in [-0.1, -0.05) is 0 Å². The van der Waals surface area contributed by atoms with Gasteiger partial charge in [0.25, 0.3) is 0 Å². The molecule has 4 heterocycles. The zero-order valence-electron chi connectivity index (χ0n) is 18.1. The van der Waals surface area contributed by atoms with E-state index in [1.807, 2.05) is 43.1 Å². The normalized spacial score (nSPS) is 11.5. The highest BCUT2D eigenvalue weighted by atomic mass is 79.9. The van der Waals surface area contributed by atoms with Crippen molar-refractivity contribution in [2.24, 2.45) is 0 Å². The van der Waals surface area contributed by atoms with E-state index in [1.165, 1.54) is 0 Å². The van der Waals surface area contributed by atoms with Gasteiger partial charge in [-0.15, -0.1) is 0 Å². The highest BCUT2D eigenvalue weighted by molar-refractivity contribution is 9.11. The minimum Gasteiger partial charge on any atom is -0.298 e. The van der Waals surface area contributed by atoms with Gasteiger partial charge in [-0.3, -0.25) is 14.2 Å². The Hall–Kier alpha value is -1.65. The minimum absolute atomic E-state index is 0.206. The molecule has 0 saturated heterocycles. The molecular weight excluding hydrogens is 592 g/mol. The van der Waals surface area contributed by atoms with Gasteiger partial charge >= 0.3 is 0 Å². The van der Waals surface area contributed by atoms with Crippen LogP contribution in [-0.4, -0.2) is 35.8 Å². The van der Waals surface area contributed by atoms with Gasteiger partial charge in [0.1, 0.15) is 25.8 Å². The summed E-state index contributed by atoms with van der Waals surface area (Å²) in [6, 6.07) is 4.20. The standard InChI is InChI=1S/C11H12BrN3O.C10H11Br2N3/c1-6(2)15-11-8(5-16)4-9(12)13-10(11)7(3)14-15;1-5(2)15-10-7(11)4-8(12)13-9(10)6(3)14-15/h4-6H,1-3H3;4-5H,1-3H3. The molecule has 4 aromatic rings. The first-order valence-electron chi connectivity index (χ1n) is 9.76. The molecule has 0 aliphatic rings. The van der Waals surface area contributed by atoms with Gasteiger partial charge in [0.05, 0.1) is 16.9 Å². The third kappa shape index (κ3) is 4.75. The molecule has 31 heavy (non-hydrogen) atoms. The molecule has 4 aromatic heterocycles. The van der Waals surface area contributed by atoms with E-state index < -0.39 is 0 Å². The van der Waals surface area contributed by atoms with Gasteiger partial charge in [-0.2, -0.15) is 10.2 Å². The van der Waals surface area contributed by atoms with Gasteiger partial charge in [0.2, 0.25) is 0 Å². The first-order valence-corrected chi connectivity index (χ1v) is 12.1. The lowest BCUT2D eigenvalue weighted by molar-refractivity contribution is 0.112. The Balaban J connectivity index is 0.000000176. The van der Waals surface area contributed by atoms with Gasteiger partial charge < -0.3 is 0 Å². The molecule has 7 nitrogen and oxygen atoms in total. The maximum absolute atomic E-state index is 11.1. The van der Waals surface area contributed by atoms with E-state index in [-0.39, 0.29) is 6.04 Å². The van der Waals surface area contributed by atoms with Crippen molar-refractivity contribution in [2.75, 3.05) is 0 Å². The number of aromatic nitrogens is 6. The van der Waals surface area contributed by atoms with E-state index in [1.54, 1.807) is 6.07 Å². The molecule has 0 unspecified atom stereocenters. The molecule has 0 spiro atoms. The van der Waals surface area contributed by atoms with Crippen LogP contribution in [0, 0.1) is 13.8 Å². The van der Waals surface area contributed by atoms with Crippen LogP contribution < -0.4 is 0 Å². The fraction of sp³-hybridized carbons (Fsp3) is 0.381. The molecule has 0 aliphatic heterocycles. The molecular formula is C21H23Br3N6O. The second-order valence-corrected chi connectivity index (χ2v) is 10.2. The van der Waals surface area contributed by atoms with Crippen molar-refractivity contribution in [1.82, 2.24) is 29.5 Å². The summed E-state index contributed by atoms with van der Waals surface area (Å²) in [7, 11) is 0. The monoisotopic (exact) mass is 612 g/mol. The number of rotatable bonds is 3. The van der Waals surface area contributed by atoms with Crippen LogP contribution in [0.4, 0.5) is 0 Å². The molecule has 0 atom stereocenters. The van der Waals surface area contributed by atoms with Crippen molar-refractivity contribution in [3.63, 3.8) is 0 Å². The summed E-state index contributed by atoms with van der Waals surface area (Å²) in [6.45, 7) is 12.2. The summed E-state index contributed by atoms with van der Waals surface area (Å²) in [4.78, 5) is 19.9. The molecule has 164 valence electrons. The lowest BCUT2D eigenvalue weighted by atomic mass is 10.2. The summed E-state index contributed by atoms with van der Waals surface area (Å²) in [5, 5.41) is 8.91. The summed E-state index contributed by atoms with van der Waals surface area (Å²) in [5.41, 5.74) is 6.02. The Morgan fingerprint density at radius 3 is 1.74 bits per heavy atom. The Morgan fingerprint density at radius 1 is 0.806 bits per heavy atom. The number of aryl methyl sites for hydroxylation is 2. The zero-order chi connectivity index (χ0) is 23.0. The third-order valence-electron chi connectivity index (χ3n) is 4.67. The first-order chi connectivity index (χ1) is 14.5. The number of carbonyl (C=O) groups is 1. The second-order valence-electron chi connectivity index (χ2n) is 7.72. The van der Waals surface area contributed by atoms with Crippen LogP contribution >= 0.6 is 47.8 Å². The molecule has 0 amide bonds. The number of fused-ring (bicyclic) bond motifs is 2. The first kappa shape index (κ1) is 24.0. The molecule has 0 N–H and O–H groups in total. The summed E-state index contributed by atoms with van der Waals surface area (Å²) in [5.74, 6) is 0. The second kappa shape index (κ2) is 9.46. The molecule has 0 aromatic carbocycles. The number of carbonyl (C=O) groups excluding carboxylic acids is 1. The quantitative estimate of drug-likeness (QED) is 0.189. The predicted molar refractivity (Wildman–Crippen MR) is 134 cm³/mol. The molecule has 0 fully saturated rings. The Labute approximate surface area is 206 Å². The maximum Gasteiger partial charge on any atom is 0.152 e. The van der Waals surface area contributed by atoms with Crippen LogP contribution in [0.2, 0.25) is 0 Å². The fourth-order valence-electron chi connectivity index (χ4n) is 3.32. The Kier molecular flexibility index (Phi) is 7.32. The van der Waals surface area contributed by atoms with Gasteiger partial charge in [-0.25, -0.2) is 9.97 Å².